The van der Waals surface area contributed by atoms with Crippen molar-refractivity contribution in [1.82, 2.24) is 0 Å². The number of nitrogens with zero attached hydrogens (tertiary/aromatic N) is 1. The average molecular weight is 368 g/mol. The first-order valence-electron chi connectivity index (χ1n) is 7.38. The molecule has 0 saturated carbocycles. The molecule has 114 valence electrons. The Morgan fingerprint density at radius 3 is 2.57 bits per heavy atom. The van der Waals surface area contributed by atoms with Gasteiger partial charge in [-0.3, -0.25) is 0 Å². The Morgan fingerprint density at radius 1 is 0.957 bits per heavy atom. The number of methoxy groups -OCH3 is 1. The Bertz CT molecular complexity index is 869. The third-order valence-corrected chi connectivity index (χ3v) is 6.15. The Morgan fingerprint density at radius 2 is 1.74 bits per heavy atom. The van der Waals surface area contributed by atoms with Crippen molar-refractivity contribution in [2.24, 2.45) is 5.16 Å². The van der Waals surface area contributed by atoms with Gasteiger partial charge in [0.25, 0.3) is 0 Å². The van der Waals surface area contributed by atoms with Gasteiger partial charge in [0.2, 0.25) is 0 Å². The van der Waals surface area contributed by atoms with E-state index in [4.69, 9.17) is 9.57 Å². The van der Waals surface area contributed by atoms with Crippen molar-refractivity contribution in [2.45, 2.75) is 5.00 Å². The van der Waals surface area contributed by atoms with Crippen LogP contribution in [0.3, 0.4) is 0 Å². The molecule has 1 atom stereocenters. The molecule has 0 fully saturated rings. The van der Waals surface area contributed by atoms with E-state index >= 15 is 0 Å². The second-order valence-corrected chi connectivity index (χ2v) is 7.45. The van der Waals surface area contributed by atoms with Crippen LogP contribution < -0.4 is 4.74 Å². The molecule has 1 aliphatic rings. The molecule has 23 heavy (non-hydrogen) atoms. The molecule has 0 N–H and O–H groups in total. The van der Waals surface area contributed by atoms with Crippen LogP contribution in [0.4, 0.5) is 0 Å². The molecule has 0 amide bonds. The van der Waals surface area contributed by atoms with Gasteiger partial charge in [-0.05, 0) is 0 Å². The number of fused-ring (bicyclic) bond motifs is 1. The summed E-state index contributed by atoms with van der Waals surface area (Å²) in [5.74, 6) is 0.853. The Kier molecular flexibility index (Phi) is 3.78. The van der Waals surface area contributed by atoms with Crippen LogP contribution in [0.5, 0.6) is 5.75 Å². The zero-order valence-corrected chi connectivity index (χ0v) is 14.3. The molecule has 4 heteroatoms. The molecule has 0 saturated heterocycles. The fourth-order valence-electron chi connectivity index (χ4n) is 2.67. The van der Waals surface area contributed by atoms with E-state index in [1.165, 1.54) is 16.3 Å². The summed E-state index contributed by atoms with van der Waals surface area (Å²) in [5.41, 5.74) is 2.32. The van der Waals surface area contributed by atoms with Gasteiger partial charge in [0.1, 0.15) is 0 Å². The van der Waals surface area contributed by atoms with E-state index in [1.54, 1.807) is 7.11 Å². The van der Waals surface area contributed by atoms with Crippen LogP contribution in [0.2, 0.25) is 0 Å². The molecular weight excluding hydrogens is 353 g/mol. The predicted molar refractivity (Wildman–Crippen MR) is 93.1 cm³/mol. The zero-order chi connectivity index (χ0) is 15.6. The minimum absolute atomic E-state index is 0.0331. The maximum atomic E-state index is 5.76. The summed E-state index contributed by atoms with van der Waals surface area (Å²) < 4.78 is 6.24. The van der Waals surface area contributed by atoms with Gasteiger partial charge < -0.3 is 0 Å². The molecule has 3 nitrogen and oxygen atoms in total. The van der Waals surface area contributed by atoms with E-state index in [0.29, 0.717) is 0 Å². The SMILES string of the molecule is COc1ccc(C2=NOC(c3cccc4ccccc34)[Se]2)cc1. The van der Waals surface area contributed by atoms with Crippen LogP contribution in [0, 0.1) is 0 Å². The summed E-state index contributed by atoms with van der Waals surface area (Å²) in [5, 5.41) is 6.84. The van der Waals surface area contributed by atoms with Crippen molar-refractivity contribution in [1.29, 1.82) is 0 Å². The molecule has 1 aliphatic heterocycles. The zero-order valence-electron chi connectivity index (χ0n) is 12.6. The van der Waals surface area contributed by atoms with Crippen LogP contribution in [0.1, 0.15) is 16.1 Å². The maximum absolute atomic E-state index is 5.76. The van der Waals surface area contributed by atoms with Gasteiger partial charge in [-0.25, -0.2) is 0 Å². The quantitative estimate of drug-likeness (QED) is 0.656. The van der Waals surface area contributed by atoms with Crippen LogP contribution in [0.15, 0.2) is 71.9 Å². The predicted octanol–water partition coefficient (Wildman–Crippen LogP) is 3.94. The number of benzene rings is 3. The fourth-order valence-corrected chi connectivity index (χ4v) is 4.73. The van der Waals surface area contributed by atoms with Gasteiger partial charge in [0.15, 0.2) is 0 Å². The summed E-state index contributed by atoms with van der Waals surface area (Å²) in [6, 6.07) is 22.8. The standard InChI is InChI=1S/C19H15NO2Se/c1-21-15-11-9-14(10-12-15)18-20-22-19(23-18)17-8-4-6-13-5-2-3-7-16(13)17/h2-12,19H,1H3. The van der Waals surface area contributed by atoms with Gasteiger partial charge in [-0.1, -0.05) is 0 Å². The Balaban J connectivity index is 1.61. The van der Waals surface area contributed by atoms with Crippen LogP contribution in [-0.4, -0.2) is 26.7 Å². The topological polar surface area (TPSA) is 30.8 Å². The van der Waals surface area contributed by atoms with E-state index in [0.717, 1.165) is 15.9 Å². The second kappa shape index (κ2) is 6.07. The van der Waals surface area contributed by atoms with E-state index in [-0.39, 0.29) is 20.0 Å². The third kappa shape index (κ3) is 2.72. The fraction of sp³-hybridized carbons (Fsp3) is 0.105. The first-order chi connectivity index (χ1) is 11.3. The van der Waals surface area contributed by atoms with Crippen LogP contribution >= 0.6 is 0 Å². The summed E-state index contributed by atoms with van der Waals surface area (Å²) in [6.45, 7) is 0. The molecule has 4 rings (SSSR count). The Hall–Kier alpha value is -2.29. The number of hydrogen-bond donors (Lipinski definition) is 0. The van der Waals surface area contributed by atoms with Gasteiger partial charge in [0.05, 0.1) is 0 Å². The molecule has 1 unspecified atom stereocenters. The van der Waals surface area contributed by atoms with Crippen molar-refractivity contribution in [3.8, 4) is 5.75 Å². The third-order valence-electron chi connectivity index (χ3n) is 3.86. The molecule has 0 aromatic heterocycles. The van der Waals surface area contributed by atoms with Gasteiger partial charge in [-0.2, -0.15) is 0 Å². The number of ether oxygens (including phenoxy) is 1. The van der Waals surface area contributed by atoms with Crippen LogP contribution in [-0.2, 0) is 4.84 Å². The van der Waals surface area contributed by atoms with E-state index in [1.807, 2.05) is 24.3 Å². The molecule has 1 heterocycles. The molecule has 0 aliphatic carbocycles. The van der Waals surface area contributed by atoms with Crippen molar-refractivity contribution >= 4 is 30.3 Å². The second-order valence-electron chi connectivity index (χ2n) is 5.25. The molecule has 3 aromatic rings. The van der Waals surface area contributed by atoms with Crippen LogP contribution in [0.25, 0.3) is 10.8 Å². The normalized spacial score (nSPS) is 16.9. The molecule has 0 bridgehead atoms. The Labute approximate surface area is 141 Å². The van der Waals surface area contributed by atoms with E-state index < -0.39 is 0 Å². The first kappa shape index (κ1) is 14.3. The van der Waals surface area contributed by atoms with Crippen molar-refractivity contribution in [3.05, 3.63) is 77.9 Å². The molecule has 0 spiro atoms. The summed E-state index contributed by atoms with van der Waals surface area (Å²) in [6.07, 6.45) is 0. The summed E-state index contributed by atoms with van der Waals surface area (Å²) in [7, 11) is 1.67. The average Bonchev–Trinajstić information content (AvgIpc) is 3.11. The van der Waals surface area contributed by atoms with Crippen molar-refractivity contribution in [2.75, 3.05) is 7.11 Å². The number of hydrogen-bond acceptors (Lipinski definition) is 3. The van der Waals surface area contributed by atoms with Gasteiger partial charge >= 0.3 is 141 Å². The molecular formula is C19H15NO2Se. The molecule has 0 radical (unpaired) electrons. The summed E-state index contributed by atoms with van der Waals surface area (Å²) >= 11 is 0.138. The van der Waals surface area contributed by atoms with Crippen molar-refractivity contribution in [3.63, 3.8) is 0 Å². The summed E-state index contributed by atoms with van der Waals surface area (Å²) in [4.78, 5) is 5.76. The first-order valence-corrected chi connectivity index (χ1v) is 9.22. The van der Waals surface area contributed by atoms with E-state index in [9.17, 15) is 0 Å². The number of rotatable bonds is 3. The van der Waals surface area contributed by atoms with Crippen molar-refractivity contribution < 1.29 is 9.57 Å². The van der Waals surface area contributed by atoms with Gasteiger partial charge in [0, 0.05) is 0 Å². The minimum atomic E-state index is 0.0331. The monoisotopic (exact) mass is 369 g/mol. The number of oxime groups is 1. The van der Waals surface area contributed by atoms with Gasteiger partial charge in [-0.15, -0.1) is 0 Å². The molecule has 3 aromatic carbocycles. The van der Waals surface area contributed by atoms with E-state index in [2.05, 4.69) is 47.6 Å².